The number of nitrogens with zero attached hydrogens (tertiary/aromatic N) is 1. The quantitative estimate of drug-likeness (QED) is 0.908. The number of hydrogen-bond donors (Lipinski definition) is 1. The molecule has 4 heteroatoms. The summed E-state index contributed by atoms with van der Waals surface area (Å²) < 4.78 is 0. The van der Waals surface area contributed by atoms with E-state index in [0.717, 1.165) is 24.8 Å². The monoisotopic (exact) mass is 314 g/mol. The molecule has 3 rings (SSSR count). The van der Waals surface area contributed by atoms with Gasteiger partial charge in [-0.1, -0.05) is 50.6 Å². The highest BCUT2D eigenvalue weighted by Gasteiger charge is 2.57. The second-order valence-electron chi connectivity index (χ2n) is 7.17. The largest absolute Gasteiger partial charge is 0.342 e. The van der Waals surface area contributed by atoms with Crippen molar-refractivity contribution in [3.05, 3.63) is 35.9 Å². The Hall–Kier alpha value is -1.84. The van der Waals surface area contributed by atoms with E-state index in [0.29, 0.717) is 6.54 Å². The molecule has 1 saturated heterocycles. The van der Waals surface area contributed by atoms with Crippen LogP contribution < -0.4 is 5.32 Å². The fourth-order valence-electron chi connectivity index (χ4n) is 3.55. The fourth-order valence-corrected chi connectivity index (χ4v) is 3.55. The van der Waals surface area contributed by atoms with Crippen molar-refractivity contribution in [3.8, 4) is 0 Å². The molecule has 124 valence electrons. The van der Waals surface area contributed by atoms with Crippen molar-refractivity contribution in [1.29, 1.82) is 0 Å². The van der Waals surface area contributed by atoms with Crippen LogP contribution in [0.15, 0.2) is 30.3 Å². The average molecular weight is 314 g/mol. The summed E-state index contributed by atoms with van der Waals surface area (Å²) in [5.74, 6) is 0.513. The van der Waals surface area contributed by atoms with E-state index >= 15 is 0 Å². The van der Waals surface area contributed by atoms with Gasteiger partial charge in [-0.25, -0.2) is 0 Å². The molecule has 1 heterocycles. The lowest BCUT2D eigenvalue weighted by Crippen LogP contribution is -2.71. The van der Waals surface area contributed by atoms with Gasteiger partial charge >= 0.3 is 0 Å². The molecule has 23 heavy (non-hydrogen) atoms. The zero-order valence-corrected chi connectivity index (χ0v) is 14.2. The summed E-state index contributed by atoms with van der Waals surface area (Å²) in [5, 5.41) is 3.01. The minimum absolute atomic E-state index is 0.0147. The van der Waals surface area contributed by atoms with Gasteiger partial charge in [0, 0.05) is 6.54 Å². The molecule has 1 N–H and O–H groups in total. The highest BCUT2D eigenvalue weighted by molar-refractivity contribution is 6.00. The minimum atomic E-state index is -0.711. The number of carbonyl (C=O) groups is 2. The van der Waals surface area contributed by atoms with E-state index < -0.39 is 11.6 Å². The molecule has 1 saturated carbocycles. The summed E-state index contributed by atoms with van der Waals surface area (Å²) in [6.45, 7) is 6.53. The second-order valence-corrected chi connectivity index (χ2v) is 7.17. The molecule has 4 nitrogen and oxygen atoms in total. The van der Waals surface area contributed by atoms with Gasteiger partial charge in [0.25, 0.3) is 0 Å². The van der Waals surface area contributed by atoms with E-state index in [1.807, 2.05) is 49.1 Å². The van der Waals surface area contributed by atoms with Crippen molar-refractivity contribution in [1.82, 2.24) is 10.2 Å². The lowest BCUT2D eigenvalue weighted by Gasteiger charge is -2.48. The van der Waals surface area contributed by atoms with Crippen LogP contribution >= 0.6 is 0 Å². The predicted molar refractivity (Wildman–Crippen MR) is 89.5 cm³/mol. The maximum absolute atomic E-state index is 13.1. The van der Waals surface area contributed by atoms with Crippen LogP contribution in [0.2, 0.25) is 0 Å². The molecule has 0 radical (unpaired) electrons. The highest BCUT2D eigenvalue weighted by atomic mass is 16.2. The first-order valence-electron chi connectivity index (χ1n) is 8.64. The lowest BCUT2D eigenvalue weighted by atomic mass is 9.84. The van der Waals surface area contributed by atoms with Crippen LogP contribution in [0, 0.1) is 11.8 Å². The fraction of sp³-hybridized carbons (Fsp3) is 0.579. The number of amides is 2. The molecule has 1 aliphatic carbocycles. The van der Waals surface area contributed by atoms with E-state index in [2.05, 4.69) is 12.2 Å². The molecule has 2 aliphatic rings. The molecule has 0 spiro atoms. The van der Waals surface area contributed by atoms with Crippen molar-refractivity contribution < 1.29 is 9.59 Å². The molecule has 2 amide bonds. The number of carbonyl (C=O) groups excluding carboxylic acids is 2. The Balaban J connectivity index is 1.94. The number of rotatable bonds is 5. The molecule has 1 aromatic carbocycles. The Bertz CT molecular complexity index is 597. The van der Waals surface area contributed by atoms with Gasteiger partial charge in [0.1, 0.15) is 11.6 Å². The van der Waals surface area contributed by atoms with Gasteiger partial charge in [-0.05, 0) is 37.2 Å². The molecule has 0 bridgehead atoms. The summed E-state index contributed by atoms with van der Waals surface area (Å²) >= 11 is 0. The van der Waals surface area contributed by atoms with Gasteiger partial charge in [0.2, 0.25) is 11.8 Å². The normalized spacial score (nSPS) is 29.3. The molecular formula is C19H26N2O2. The first kappa shape index (κ1) is 16.0. The van der Waals surface area contributed by atoms with Crippen LogP contribution in [0.3, 0.4) is 0 Å². The number of piperazine rings is 1. The topological polar surface area (TPSA) is 49.4 Å². The molecule has 2 fully saturated rings. The zero-order valence-electron chi connectivity index (χ0n) is 14.2. The molecular weight excluding hydrogens is 288 g/mol. The van der Waals surface area contributed by atoms with Gasteiger partial charge in [-0.3, -0.25) is 9.59 Å². The minimum Gasteiger partial charge on any atom is -0.342 e. The molecule has 0 aromatic heterocycles. The third-order valence-corrected chi connectivity index (χ3v) is 5.61. The predicted octanol–water partition coefficient (Wildman–Crippen LogP) is 2.73. The molecule has 1 aromatic rings. The number of nitrogens with one attached hydrogen (secondary N) is 1. The van der Waals surface area contributed by atoms with E-state index in [4.69, 9.17) is 0 Å². The van der Waals surface area contributed by atoms with Crippen molar-refractivity contribution in [3.63, 3.8) is 0 Å². The molecule has 3 atom stereocenters. The first-order chi connectivity index (χ1) is 11.0. The van der Waals surface area contributed by atoms with Crippen LogP contribution in [0.25, 0.3) is 0 Å². The Morgan fingerprint density at radius 3 is 2.48 bits per heavy atom. The van der Waals surface area contributed by atoms with Crippen LogP contribution in [-0.2, 0) is 16.1 Å². The number of hydrogen-bond acceptors (Lipinski definition) is 2. The zero-order chi connectivity index (χ0) is 16.6. The van der Waals surface area contributed by atoms with Crippen LogP contribution in [0.5, 0.6) is 0 Å². The van der Waals surface area contributed by atoms with Crippen molar-refractivity contribution >= 4 is 11.8 Å². The Labute approximate surface area is 138 Å². The summed E-state index contributed by atoms with van der Waals surface area (Å²) in [7, 11) is 0. The van der Waals surface area contributed by atoms with E-state index in [1.54, 1.807) is 0 Å². The van der Waals surface area contributed by atoms with E-state index in [1.165, 1.54) is 0 Å². The van der Waals surface area contributed by atoms with Crippen molar-refractivity contribution in [2.24, 2.45) is 11.8 Å². The summed E-state index contributed by atoms with van der Waals surface area (Å²) in [6, 6.07) is 9.56. The third-order valence-electron chi connectivity index (χ3n) is 5.61. The summed E-state index contributed by atoms with van der Waals surface area (Å²) in [4.78, 5) is 27.8. The van der Waals surface area contributed by atoms with E-state index in [9.17, 15) is 9.59 Å². The maximum Gasteiger partial charge on any atom is 0.246 e. The SMILES string of the molecule is CCC(C)C1NC(=O)C(C)(C2CC2)N(Cc2ccccc2)C1=O. The summed E-state index contributed by atoms with van der Waals surface area (Å²) in [5.41, 5.74) is 0.363. The van der Waals surface area contributed by atoms with Crippen LogP contribution in [0.4, 0.5) is 0 Å². The van der Waals surface area contributed by atoms with Gasteiger partial charge in [0.15, 0.2) is 0 Å². The summed E-state index contributed by atoms with van der Waals surface area (Å²) in [6.07, 6.45) is 2.92. The van der Waals surface area contributed by atoms with Gasteiger partial charge < -0.3 is 10.2 Å². The Morgan fingerprint density at radius 1 is 1.26 bits per heavy atom. The standard InChI is InChI=1S/C19H26N2O2/c1-4-13(2)16-17(22)21(12-14-8-6-5-7-9-14)19(3,15-10-11-15)18(23)20-16/h5-9,13,15-16H,4,10-12H2,1-3H3,(H,20,23). The first-order valence-corrected chi connectivity index (χ1v) is 8.64. The van der Waals surface area contributed by atoms with Crippen molar-refractivity contribution in [2.45, 2.75) is 58.2 Å². The lowest BCUT2D eigenvalue weighted by molar-refractivity contribution is -0.160. The Kier molecular flexibility index (Phi) is 4.17. The molecule has 3 unspecified atom stereocenters. The van der Waals surface area contributed by atoms with Crippen LogP contribution in [0.1, 0.15) is 45.6 Å². The highest BCUT2D eigenvalue weighted by Crippen LogP contribution is 2.45. The Morgan fingerprint density at radius 2 is 1.91 bits per heavy atom. The second kappa shape index (κ2) is 5.99. The van der Waals surface area contributed by atoms with Gasteiger partial charge in [-0.15, -0.1) is 0 Å². The van der Waals surface area contributed by atoms with Crippen molar-refractivity contribution in [2.75, 3.05) is 0 Å². The van der Waals surface area contributed by atoms with E-state index in [-0.39, 0.29) is 23.7 Å². The number of benzene rings is 1. The van der Waals surface area contributed by atoms with Gasteiger partial charge in [0.05, 0.1) is 0 Å². The molecule has 1 aliphatic heterocycles. The maximum atomic E-state index is 13.1. The third kappa shape index (κ3) is 2.75. The smallest absolute Gasteiger partial charge is 0.246 e. The van der Waals surface area contributed by atoms with Crippen LogP contribution in [-0.4, -0.2) is 28.3 Å². The van der Waals surface area contributed by atoms with Gasteiger partial charge in [-0.2, -0.15) is 0 Å². The average Bonchev–Trinajstić information content (AvgIpc) is 3.40.